The highest BCUT2D eigenvalue weighted by molar-refractivity contribution is 5.95. The highest BCUT2D eigenvalue weighted by Gasteiger charge is 2.08. The number of nitrogens with one attached hydrogen (secondary N) is 2. The lowest BCUT2D eigenvalue weighted by atomic mass is 10.0. The van der Waals surface area contributed by atoms with Crippen LogP contribution >= 0.6 is 0 Å². The molecule has 0 aliphatic heterocycles. The number of benzene rings is 4. The van der Waals surface area contributed by atoms with Gasteiger partial charge in [-0.3, -0.25) is 4.79 Å². The smallest absolute Gasteiger partial charge is 0.251 e. The van der Waals surface area contributed by atoms with Crippen LogP contribution in [0.3, 0.4) is 0 Å². The van der Waals surface area contributed by atoms with E-state index in [2.05, 4.69) is 41.0 Å². The van der Waals surface area contributed by atoms with Crippen LogP contribution in [-0.4, -0.2) is 13.0 Å². The number of hydrogen-bond donors (Lipinski definition) is 2. The first-order valence-electron chi connectivity index (χ1n) is 10.2. The number of rotatable bonds is 6. The van der Waals surface area contributed by atoms with E-state index < -0.39 is 0 Å². The van der Waals surface area contributed by atoms with Gasteiger partial charge in [-0.25, -0.2) is 0 Å². The lowest BCUT2D eigenvalue weighted by molar-refractivity contribution is 0.0951. The maximum atomic E-state index is 12.7. The summed E-state index contributed by atoms with van der Waals surface area (Å²) >= 11 is 0. The van der Waals surface area contributed by atoms with E-state index in [4.69, 9.17) is 5.26 Å². The Labute approximate surface area is 182 Å². The van der Waals surface area contributed by atoms with Crippen LogP contribution < -0.4 is 10.6 Å². The summed E-state index contributed by atoms with van der Waals surface area (Å²) in [6, 6.07) is 29.6. The van der Waals surface area contributed by atoms with Gasteiger partial charge in [-0.05, 0) is 70.4 Å². The number of carbonyl (C=O) groups is 1. The van der Waals surface area contributed by atoms with E-state index in [0.717, 1.165) is 28.6 Å². The molecule has 0 heterocycles. The fraction of sp³-hybridized carbons (Fsp3) is 0.111. The Balaban J connectivity index is 1.45. The molecule has 4 heteroatoms. The van der Waals surface area contributed by atoms with Crippen molar-refractivity contribution in [2.45, 2.75) is 13.1 Å². The monoisotopic (exact) mass is 405 g/mol. The van der Waals surface area contributed by atoms with Crippen LogP contribution in [0, 0.1) is 11.3 Å². The van der Waals surface area contributed by atoms with Gasteiger partial charge in [-0.15, -0.1) is 0 Å². The van der Waals surface area contributed by atoms with E-state index in [9.17, 15) is 4.79 Å². The van der Waals surface area contributed by atoms with Crippen molar-refractivity contribution in [2.75, 3.05) is 7.05 Å². The average Bonchev–Trinajstić information content (AvgIpc) is 2.82. The minimum absolute atomic E-state index is 0.102. The maximum absolute atomic E-state index is 12.7. The molecular weight excluding hydrogens is 382 g/mol. The van der Waals surface area contributed by atoms with Crippen LogP contribution in [0.5, 0.6) is 0 Å². The normalized spacial score (nSPS) is 10.6. The summed E-state index contributed by atoms with van der Waals surface area (Å²) in [5.41, 5.74) is 5.60. The van der Waals surface area contributed by atoms with E-state index in [1.807, 2.05) is 55.6 Å². The molecule has 4 rings (SSSR count). The van der Waals surface area contributed by atoms with Gasteiger partial charge in [0.25, 0.3) is 5.91 Å². The summed E-state index contributed by atoms with van der Waals surface area (Å²) < 4.78 is 0. The third-order valence-electron chi connectivity index (χ3n) is 5.35. The molecule has 0 fully saturated rings. The largest absolute Gasteiger partial charge is 0.348 e. The van der Waals surface area contributed by atoms with Crippen molar-refractivity contribution in [3.63, 3.8) is 0 Å². The standard InChI is InChI=1S/C27H23N3O/c1-29-17-20-7-14-26-24(15-20)3-2-4-25(26)18-30-27(31)23-12-10-22(11-13-23)21-8-5-19(16-28)6-9-21/h2-15,29H,17-18H2,1H3,(H,30,31). The highest BCUT2D eigenvalue weighted by atomic mass is 16.1. The first kappa shape index (κ1) is 20.3. The summed E-state index contributed by atoms with van der Waals surface area (Å²) in [6.45, 7) is 1.30. The zero-order valence-electron chi connectivity index (χ0n) is 17.4. The summed E-state index contributed by atoms with van der Waals surface area (Å²) in [5, 5.41) is 17.5. The number of carbonyl (C=O) groups excluding carboxylic acids is 1. The number of nitrogens with zero attached hydrogens (tertiary/aromatic N) is 1. The Hall–Kier alpha value is -3.94. The minimum atomic E-state index is -0.102. The molecule has 0 saturated carbocycles. The van der Waals surface area contributed by atoms with E-state index in [0.29, 0.717) is 17.7 Å². The van der Waals surface area contributed by atoms with Crippen molar-refractivity contribution in [1.29, 1.82) is 5.26 Å². The van der Waals surface area contributed by atoms with E-state index in [-0.39, 0.29) is 5.91 Å². The van der Waals surface area contributed by atoms with E-state index in [1.54, 1.807) is 12.1 Å². The second kappa shape index (κ2) is 9.25. The van der Waals surface area contributed by atoms with Crippen LogP contribution in [0.25, 0.3) is 21.9 Å². The molecule has 0 bridgehead atoms. The molecule has 152 valence electrons. The molecule has 31 heavy (non-hydrogen) atoms. The van der Waals surface area contributed by atoms with E-state index in [1.165, 1.54) is 10.9 Å². The summed E-state index contributed by atoms with van der Waals surface area (Å²) in [4.78, 5) is 12.7. The summed E-state index contributed by atoms with van der Waals surface area (Å²) in [6.07, 6.45) is 0. The molecule has 0 aliphatic carbocycles. The molecule has 0 aromatic heterocycles. The predicted molar refractivity (Wildman–Crippen MR) is 124 cm³/mol. The van der Waals surface area contributed by atoms with Gasteiger partial charge in [0.2, 0.25) is 0 Å². The fourth-order valence-corrected chi connectivity index (χ4v) is 3.70. The zero-order chi connectivity index (χ0) is 21.6. The van der Waals surface area contributed by atoms with Crippen LogP contribution in [0.15, 0.2) is 84.9 Å². The average molecular weight is 406 g/mol. The van der Waals surface area contributed by atoms with Crippen molar-refractivity contribution < 1.29 is 4.79 Å². The number of hydrogen-bond acceptors (Lipinski definition) is 3. The first-order chi connectivity index (χ1) is 15.2. The quantitative estimate of drug-likeness (QED) is 0.473. The first-order valence-corrected chi connectivity index (χ1v) is 10.2. The Morgan fingerprint density at radius 2 is 1.58 bits per heavy atom. The predicted octanol–water partition coefficient (Wildman–Crippen LogP) is 5.03. The van der Waals surface area contributed by atoms with Crippen LogP contribution in [-0.2, 0) is 13.1 Å². The van der Waals surface area contributed by atoms with Gasteiger partial charge in [-0.2, -0.15) is 5.26 Å². The molecule has 4 aromatic carbocycles. The second-order valence-electron chi connectivity index (χ2n) is 7.45. The van der Waals surface area contributed by atoms with Crippen LogP contribution in [0.1, 0.15) is 27.0 Å². The number of nitriles is 1. The van der Waals surface area contributed by atoms with Crippen molar-refractivity contribution in [3.05, 3.63) is 107 Å². The molecule has 0 spiro atoms. The summed E-state index contributed by atoms with van der Waals surface area (Å²) in [7, 11) is 1.94. The van der Waals surface area contributed by atoms with Gasteiger partial charge in [0.15, 0.2) is 0 Å². The van der Waals surface area contributed by atoms with Gasteiger partial charge < -0.3 is 10.6 Å². The Bertz CT molecular complexity index is 1250. The topological polar surface area (TPSA) is 64.9 Å². The van der Waals surface area contributed by atoms with Gasteiger partial charge in [-0.1, -0.05) is 54.6 Å². The lowest BCUT2D eigenvalue weighted by Gasteiger charge is -2.10. The Morgan fingerprint density at radius 1 is 0.871 bits per heavy atom. The third kappa shape index (κ3) is 4.63. The van der Waals surface area contributed by atoms with Crippen molar-refractivity contribution in [1.82, 2.24) is 10.6 Å². The fourth-order valence-electron chi connectivity index (χ4n) is 3.70. The molecule has 0 aliphatic rings. The van der Waals surface area contributed by atoms with Crippen molar-refractivity contribution >= 4 is 16.7 Å². The third-order valence-corrected chi connectivity index (χ3v) is 5.35. The SMILES string of the molecule is CNCc1ccc2c(CNC(=O)c3ccc(-c4ccc(C#N)cc4)cc3)cccc2c1. The molecule has 4 nitrogen and oxygen atoms in total. The molecule has 0 unspecified atom stereocenters. The molecule has 1 amide bonds. The molecular formula is C27H23N3O. The molecule has 4 aromatic rings. The van der Waals surface area contributed by atoms with Crippen LogP contribution in [0.4, 0.5) is 0 Å². The van der Waals surface area contributed by atoms with Gasteiger partial charge in [0.1, 0.15) is 0 Å². The van der Waals surface area contributed by atoms with E-state index >= 15 is 0 Å². The number of amides is 1. The number of fused-ring (bicyclic) bond motifs is 1. The highest BCUT2D eigenvalue weighted by Crippen LogP contribution is 2.22. The lowest BCUT2D eigenvalue weighted by Crippen LogP contribution is -2.22. The molecule has 0 atom stereocenters. The van der Waals surface area contributed by atoms with Gasteiger partial charge >= 0.3 is 0 Å². The summed E-state index contributed by atoms with van der Waals surface area (Å²) in [5.74, 6) is -0.102. The second-order valence-corrected chi connectivity index (χ2v) is 7.45. The Kier molecular flexibility index (Phi) is 6.07. The maximum Gasteiger partial charge on any atom is 0.251 e. The van der Waals surface area contributed by atoms with Crippen LogP contribution in [0.2, 0.25) is 0 Å². The Morgan fingerprint density at radius 3 is 2.26 bits per heavy atom. The molecule has 0 radical (unpaired) electrons. The zero-order valence-corrected chi connectivity index (χ0v) is 17.4. The van der Waals surface area contributed by atoms with Crippen molar-refractivity contribution in [2.24, 2.45) is 0 Å². The molecule has 0 saturated heterocycles. The van der Waals surface area contributed by atoms with Gasteiger partial charge in [0.05, 0.1) is 11.6 Å². The minimum Gasteiger partial charge on any atom is -0.348 e. The van der Waals surface area contributed by atoms with Gasteiger partial charge in [0, 0.05) is 18.7 Å². The van der Waals surface area contributed by atoms with Crippen molar-refractivity contribution in [3.8, 4) is 17.2 Å². The molecule has 2 N–H and O–H groups in total.